The molecule has 2 saturated heterocycles. The summed E-state index contributed by atoms with van der Waals surface area (Å²) < 4.78 is 20.4. The number of morpholine rings is 1. The summed E-state index contributed by atoms with van der Waals surface area (Å²) >= 11 is 0. The van der Waals surface area contributed by atoms with Crippen molar-refractivity contribution in [3.63, 3.8) is 0 Å². The molecular formula is C26H33FN8O2. The van der Waals surface area contributed by atoms with Gasteiger partial charge in [0.1, 0.15) is 17.5 Å². The summed E-state index contributed by atoms with van der Waals surface area (Å²) in [6, 6.07) is 6.79. The van der Waals surface area contributed by atoms with E-state index in [4.69, 9.17) is 10.5 Å². The standard InChI is InChI=1S/C26H33FN8O2/c1-16-15-37-11-10-35(16)23-12-21(30-17(2)31-23)22-14-29-25(32-22)26(36)33-20-5-3-4-19(27)24(20)34-8-6-18(13-28)7-9-34/h3-5,12,14,16,18H,6-11,13,15,28H2,1-2H3,(H,29,32)(H,33,36)/t16-/m1/s1. The van der Waals surface area contributed by atoms with E-state index in [1.54, 1.807) is 18.3 Å². The number of imidazole rings is 1. The molecule has 37 heavy (non-hydrogen) atoms. The molecule has 5 rings (SSSR count). The summed E-state index contributed by atoms with van der Waals surface area (Å²) in [5.74, 6) is 1.16. The van der Waals surface area contributed by atoms with E-state index in [0.717, 1.165) is 25.2 Å². The third kappa shape index (κ3) is 5.42. The van der Waals surface area contributed by atoms with E-state index in [1.807, 2.05) is 17.9 Å². The van der Waals surface area contributed by atoms with Crippen LogP contribution in [0.15, 0.2) is 30.5 Å². The lowest BCUT2D eigenvalue weighted by Crippen LogP contribution is -2.44. The second-order valence-electron chi connectivity index (χ2n) is 9.68. The van der Waals surface area contributed by atoms with Gasteiger partial charge < -0.3 is 30.6 Å². The molecule has 0 spiro atoms. The van der Waals surface area contributed by atoms with Crippen LogP contribution in [0.25, 0.3) is 11.4 Å². The normalized spacial score (nSPS) is 18.8. The molecule has 1 amide bonds. The Hall–Kier alpha value is -3.57. The molecule has 2 aromatic heterocycles. The molecule has 2 aliphatic rings. The van der Waals surface area contributed by atoms with Crippen LogP contribution in [-0.2, 0) is 4.74 Å². The van der Waals surface area contributed by atoms with E-state index in [9.17, 15) is 9.18 Å². The summed E-state index contributed by atoms with van der Waals surface area (Å²) in [7, 11) is 0. The zero-order valence-corrected chi connectivity index (χ0v) is 21.2. The van der Waals surface area contributed by atoms with E-state index in [-0.39, 0.29) is 17.7 Å². The lowest BCUT2D eigenvalue weighted by molar-refractivity contribution is 0.0985. The van der Waals surface area contributed by atoms with Crippen LogP contribution >= 0.6 is 0 Å². The van der Waals surface area contributed by atoms with Gasteiger partial charge in [0.05, 0.1) is 48.2 Å². The number of piperidine rings is 1. The first-order valence-corrected chi connectivity index (χ1v) is 12.7. The van der Waals surface area contributed by atoms with Gasteiger partial charge in [-0.3, -0.25) is 4.79 Å². The summed E-state index contributed by atoms with van der Waals surface area (Å²) in [5, 5.41) is 2.84. The highest BCUT2D eigenvalue weighted by Gasteiger charge is 2.25. The molecular weight excluding hydrogens is 475 g/mol. The first-order chi connectivity index (χ1) is 17.9. The van der Waals surface area contributed by atoms with Crippen molar-refractivity contribution in [1.29, 1.82) is 0 Å². The largest absolute Gasteiger partial charge is 0.377 e. The van der Waals surface area contributed by atoms with E-state index < -0.39 is 5.91 Å². The maximum atomic E-state index is 14.9. The van der Waals surface area contributed by atoms with Crippen LogP contribution in [0.2, 0.25) is 0 Å². The molecule has 10 nitrogen and oxygen atoms in total. The number of rotatable bonds is 6. The number of amides is 1. The smallest absolute Gasteiger partial charge is 0.291 e. The molecule has 196 valence electrons. The van der Waals surface area contributed by atoms with Gasteiger partial charge in [-0.05, 0) is 51.3 Å². The maximum Gasteiger partial charge on any atom is 0.291 e. The molecule has 0 radical (unpaired) electrons. The summed E-state index contributed by atoms with van der Waals surface area (Å²) in [5.41, 5.74) is 7.86. The van der Waals surface area contributed by atoms with Crippen LogP contribution in [0.5, 0.6) is 0 Å². The Morgan fingerprint density at radius 3 is 2.84 bits per heavy atom. The van der Waals surface area contributed by atoms with Gasteiger partial charge in [-0.2, -0.15) is 0 Å². The van der Waals surface area contributed by atoms with Crippen LogP contribution in [0, 0.1) is 18.7 Å². The minimum atomic E-state index is -0.456. The number of nitrogens with two attached hydrogens (primary N) is 1. The van der Waals surface area contributed by atoms with Gasteiger partial charge in [-0.15, -0.1) is 0 Å². The minimum Gasteiger partial charge on any atom is -0.377 e. The monoisotopic (exact) mass is 508 g/mol. The molecule has 1 atom stereocenters. The number of hydrogen-bond acceptors (Lipinski definition) is 8. The highest BCUT2D eigenvalue weighted by Crippen LogP contribution is 2.33. The molecule has 11 heteroatoms. The fourth-order valence-electron chi connectivity index (χ4n) is 4.98. The van der Waals surface area contributed by atoms with E-state index in [2.05, 4.69) is 37.1 Å². The summed E-state index contributed by atoms with van der Waals surface area (Å²) in [6.07, 6.45) is 3.36. The number of benzene rings is 1. The highest BCUT2D eigenvalue weighted by atomic mass is 19.1. The van der Waals surface area contributed by atoms with Crippen LogP contribution in [0.3, 0.4) is 0 Å². The predicted octanol–water partition coefficient (Wildman–Crippen LogP) is 2.97. The van der Waals surface area contributed by atoms with Crippen molar-refractivity contribution >= 4 is 23.1 Å². The van der Waals surface area contributed by atoms with Crippen molar-refractivity contribution in [3.8, 4) is 11.4 Å². The first-order valence-electron chi connectivity index (χ1n) is 12.7. The Bertz CT molecular complexity index is 1260. The van der Waals surface area contributed by atoms with Crippen LogP contribution < -0.4 is 20.9 Å². The van der Waals surface area contributed by atoms with Crippen LogP contribution in [-0.4, -0.2) is 71.3 Å². The van der Waals surface area contributed by atoms with Gasteiger partial charge in [0, 0.05) is 25.7 Å². The van der Waals surface area contributed by atoms with Crippen molar-refractivity contribution in [1.82, 2.24) is 19.9 Å². The maximum absolute atomic E-state index is 14.9. The highest BCUT2D eigenvalue weighted by molar-refractivity contribution is 6.04. The Labute approximate surface area is 215 Å². The van der Waals surface area contributed by atoms with Crippen molar-refractivity contribution in [2.75, 3.05) is 54.5 Å². The van der Waals surface area contributed by atoms with Crippen LogP contribution in [0.1, 0.15) is 36.2 Å². The second-order valence-corrected chi connectivity index (χ2v) is 9.68. The topological polar surface area (TPSA) is 125 Å². The van der Waals surface area contributed by atoms with Gasteiger partial charge in [-0.1, -0.05) is 6.07 Å². The van der Waals surface area contributed by atoms with Crippen molar-refractivity contribution < 1.29 is 13.9 Å². The predicted molar refractivity (Wildman–Crippen MR) is 140 cm³/mol. The quantitative estimate of drug-likeness (QED) is 0.464. The fraction of sp³-hybridized carbons (Fsp3) is 0.462. The van der Waals surface area contributed by atoms with E-state index in [1.165, 1.54) is 6.07 Å². The zero-order chi connectivity index (χ0) is 25.9. The Balaban J connectivity index is 1.35. The van der Waals surface area contributed by atoms with Gasteiger partial charge in [0.2, 0.25) is 0 Å². The second kappa shape index (κ2) is 10.8. The van der Waals surface area contributed by atoms with E-state index in [0.29, 0.717) is 67.4 Å². The molecule has 3 aromatic rings. The summed E-state index contributed by atoms with van der Waals surface area (Å²) in [6.45, 7) is 7.97. The molecule has 2 aliphatic heterocycles. The number of aryl methyl sites for hydroxylation is 1. The number of anilines is 3. The number of para-hydroxylation sites is 1. The lowest BCUT2D eigenvalue weighted by atomic mass is 9.96. The summed E-state index contributed by atoms with van der Waals surface area (Å²) in [4.78, 5) is 33.8. The molecule has 2 fully saturated rings. The number of hydrogen-bond donors (Lipinski definition) is 3. The van der Waals surface area contributed by atoms with Gasteiger partial charge in [0.15, 0.2) is 5.82 Å². The van der Waals surface area contributed by atoms with Crippen molar-refractivity contribution in [2.45, 2.75) is 32.7 Å². The van der Waals surface area contributed by atoms with Gasteiger partial charge in [0.25, 0.3) is 5.91 Å². The molecule has 0 unspecified atom stereocenters. The number of ether oxygens (including phenoxy) is 1. The molecule has 4 N–H and O–H groups in total. The number of aromatic amines is 1. The fourth-order valence-corrected chi connectivity index (χ4v) is 4.98. The molecule has 0 aliphatic carbocycles. The molecule has 0 saturated carbocycles. The minimum absolute atomic E-state index is 0.115. The zero-order valence-electron chi connectivity index (χ0n) is 21.2. The van der Waals surface area contributed by atoms with Gasteiger partial charge in [-0.25, -0.2) is 19.3 Å². The lowest BCUT2D eigenvalue weighted by Gasteiger charge is -2.34. The third-order valence-corrected chi connectivity index (χ3v) is 7.05. The number of aromatic nitrogens is 4. The first kappa shape index (κ1) is 25.1. The number of H-pyrrole nitrogens is 1. The Kier molecular flexibility index (Phi) is 7.33. The number of carbonyl (C=O) groups excluding carboxylic acids is 1. The van der Waals surface area contributed by atoms with E-state index >= 15 is 0 Å². The molecule has 4 heterocycles. The number of halogens is 1. The number of nitrogens with one attached hydrogen (secondary N) is 2. The average molecular weight is 509 g/mol. The number of nitrogens with zero attached hydrogens (tertiary/aromatic N) is 5. The van der Waals surface area contributed by atoms with Gasteiger partial charge >= 0.3 is 0 Å². The van der Waals surface area contributed by atoms with Crippen molar-refractivity contribution in [2.24, 2.45) is 11.7 Å². The number of carbonyl (C=O) groups is 1. The third-order valence-electron chi connectivity index (χ3n) is 7.05. The van der Waals surface area contributed by atoms with Crippen LogP contribution in [0.4, 0.5) is 21.6 Å². The van der Waals surface area contributed by atoms with Crippen molar-refractivity contribution in [3.05, 3.63) is 47.9 Å². The molecule has 0 bridgehead atoms. The Morgan fingerprint density at radius 2 is 2.08 bits per heavy atom. The molecule has 1 aromatic carbocycles. The SMILES string of the molecule is Cc1nc(-c2cnc(C(=O)Nc3cccc(F)c3N3CCC(CN)CC3)[nH]2)cc(N2CCOC[C@H]2C)n1. The average Bonchev–Trinajstić information content (AvgIpc) is 3.40. The Morgan fingerprint density at radius 1 is 1.27 bits per heavy atom.